The van der Waals surface area contributed by atoms with Gasteiger partial charge in [-0.2, -0.15) is 0 Å². The van der Waals surface area contributed by atoms with Crippen molar-refractivity contribution in [1.82, 2.24) is 10.1 Å². The second kappa shape index (κ2) is 4.93. The molecule has 0 aliphatic rings. The number of rotatable bonds is 5. The third-order valence-corrected chi connectivity index (χ3v) is 2.12. The molecule has 1 unspecified atom stereocenters. The van der Waals surface area contributed by atoms with E-state index in [9.17, 15) is 4.79 Å². The summed E-state index contributed by atoms with van der Waals surface area (Å²) < 4.78 is 4.92. The number of carboxylic acid groups (broad SMARTS) is 1. The monoisotopic (exact) mass is 212 g/mol. The lowest BCUT2D eigenvalue weighted by Crippen LogP contribution is -2.28. The first kappa shape index (κ1) is 11.7. The Labute approximate surface area is 88.7 Å². The smallest absolute Gasteiger partial charge is 0.307 e. The SMILES string of the molecule is Cc1cc(CN(C)CC(C)C(=O)O)no1. The third kappa shape index (κ3) is 3.71. The number of hydrogen-bond acceptors (Lipinski definition) is 4. The summed E-state index contributed by atoms with van der Waals surface area (Å²) in [6, 6.07) is 1.85. The van der Waals surface area contributed by atoms with Crippen LogP contribution in [0.15, 0.2) is 10.6 Å². The highest BCUT2D eigenvalue weighted by atomic mass is 16.5. The maximum Gasteiger partial charge on any atom is 0.307 e. The lowest BCUT2D eigenvalue weighted by atomic mass is 10.2. The zero-order valence-electron chi connectivity index (χ0n) is 9.23. The van der Waals surface area contributed by atoms with Gasteiger partial charge in [-0.15, -0.1) is 0 Å². The lowest BCUT2D eigenvalue weighted by molar-refractivity contribution is -0.141. The summed E-state index contributed by atoms with van der Waals surface area (Å²) in [5, 5.41) is 12.6. The van der Waals surface area contributed by atoms with Crippen LogP contribution < -0.4 is 0 Å². The van der Waals surface area contributed by atoms with Gasteiger partial charge in [-0.05, 0) is 14.0 Å². The van der Waals surface area contributed by atoms with Gasteiger partial charge in [-0.1, -0.05) is 12.1 Å². The average Bonchev–Trinajstić information content (AvgIpc) is 2.50. The number of nitrogens with zero attached hydrogens (tertiary/aromatic N) is 2. The quantitative estimate of drug-likeness (QED) is 0.792. The molecule has 0 saturated carbocycles. The van der Waals surface area contributed by atoms with Crippen LogP contribution in [0.1, 0.15) is 18.4 Å². The van der Waals surface area contributed by atoms with Gasteiger partial charge >= 0.3 is 5.97 Å². The van der Waals surface area contributed by atoms with E-state index in [0.717, 1.165) is 11.5 Å². The number of aryl methyl sites for hydroxylation is 1. The van der Waals surface area contributed by atoms with E-state index in [1.165, 1.54) is 0 Å². The molecule has 0 aliphatic carbocycles. The van der Waals surface area contributed by atoms with Crippen LogP contribution in [0, 0.1) is 12.8 Å². The Hall–Kier alpha value is -1.36. The van der Waals surface area contributed by atoms with Crippen LogP contribution in [-0.4, -0.2) is 34.7 Å². The molecule has 5 heteroatoms. The van der Waals surface area contributed by atoms with Gasteiger partial charge in [0.2, 0.25) is 0 Å². The summed E-state index contributed by atoms with van der Waals surface area (Å²) in [4.78, 5) is 12.5. The van der Waals surface area contributed by atoms with Crippen LogP contribution in [0.5, 0.6) is 0 Å². The standard InChI is InChI=1S/C10H16N2O3/c1-7(10(13)14)5-12(3)6-9-4-8(2)15-11-9/h4,7H,5-6H2,1-3H3,(H,13,14). The normalized spacial score (nSPS) is 13.1. The Bertz CT molecular complexity index is 335. The van der Waals surface area contributed by atoms with Crippen molar-refractivity contribution in [2.24, 2.45) is 5.92 Å². The van der Waals surface area contributed by atoms with Gasteiger partial charge in [0.15, 0.2) is 0 Å². The van der Waals surface area contributed by atoms with E-state index in [-0.39, 0.29) is 5.92 Å². The molecule has 1 atom stereocenters. The average molecular weight is 212 g/mol. The molecule has 1 heterocycles. The molecule has 0 radical (unpaired) electrons. The molecule has 0 aliphatic heterocycles. The number of aliphatic carboxylic acids is 1. The Morgan fingerprint density at radius 1 is 1.73 bits per heavy atom. The molecule has 1 rings (SSSR count). The van der Waals surface area contributed by atoms with Gasteiger partial charge in [0.1, 0.15) is 5.76 Å². The minimum absolute atomic E-state index is 0.372. The Kier molecular flexibility index (Phi) is 3.85. The maximum atomic E-state index is 10.6. The summed E-state index contributed by atoms with van der Waals surface area (Å²) in [5.41, 5.74) is 0.826. The van der Waals surface area contributed by atoms with Crippen molar-refractivity contribution in [3.8, 4) is 0 Å². The first-order valence-electron chi connectivity index (χ1n) is 4.82. The van der Waals surface area contributed by atoms with Gasteiger partial charge in [0.05, 0.1) is 11.6 Å². The van der Waals surface area contributed by atoms with Gasteiger partial charge in [-0.25, -0.2) is 0 Å². The number of carbonyl (C=O) groups is 1. The van der Waals surface area contributed by atoms with E-state index in [1.54, 1.807) is 6.92 Å². The second-order valence-corrected chi connectivity index (χ2v) is 3.86. The van der Waals surface area contributed by atoms with Crippen LogP contribution in [0.3, 0.4) is 0 Å². The topological polar surface area (TPSA) is 66.6 Å². The van der Waals surface area contributed by atoms with Crippen LogP contribution in [0.4, 0.5) is 0 Å². The van der Waals surface area contributed by atoms with E-state index in [4.69, 9.17) is 9.63 Å². The molecular weight excluding hydrogens is 196 g/mol. The summed E-state index contributed by atoms with van der Waals surface area (Å²) in [5.74, 6) is -0.383. The molecule has 0 amide bonds. The Balaban J connectivity index is 2.42. The van der Waals surface area contributed by atoms with Crippen molar-refractivity contribution in [1.29, 1.82) is 0 Å². The van der Waals surface area contributed by atoms with Crippen LogP contribution in [0.25, 0.3) is 0 Å². The lowest BCUT2D eigenvalue weighted by Gasteiger charge is -2.17. The largest absolute Gasteiger partial charge is 0.481 e. The van der Waals surface area contributed by atoms with Crippen molar-refractivity contribution in [2.75, 3.05) is 13.6 Å². The molecule has 0 aromatic carbocycles. The summed E-state index contributed by atoms with van der Waals surface area (Å²) in [7, 11) is 1.86. The van der Waals surface area contributed by atoms with Crippen LogP contribution in [0.2, 0.25) is 0 Å². The first-order chi connectivity index (χ1) is 6.99. The predicted octanol–water partition coefficient (Wildman–Crippen LogP) is 1.14. The summed E-state index contributed by atoms with van der Waals surface area (Å²) in [6.45, 7) is 4.62. The first-order valence-corrected chi connectivity index (χ1v) is 4.82. The van der Waals surface area contributed by atoms with Gasteiger partial charge in [-0.3, -0.25) is 9.69 Å². The van der Waals surface area contributed by atoms with Crippen molar-refractivity contribution in [3.63, 3.8) is 0 Å². The molecule has 0 saturated heterocycles. The molecular formula is C10H16N2O3. The maximum absolute atomic E-state index is 10.6. The number of hydrogen-bond donors (Lipinski definition) is 1. The minimum Gasteiger partial charge on any atom is -0.481 e. The van der Waals surface area contributed by atoms with Gasteiger partial charge in [0, 0.05) is 19.2 Å². The second-order valence-electron chi connectivity index (χ2n) is 3.86. The molecule has 5 nitrogen and oxygen atoms in total. The van der Waals surface area contributed by atoms with Crippen LogP contribution >= 0.6 is 0 Å². The highest BCUT2D eigenvalue weighted by molar-refractivity contribution is 5.69. The number of carboxylic acids is 1. The van der Waals surface area contributed by atoms with Gasteiger partial charge in [0.25, 0.3) is 0 Å². The highest BCUT2D eigenvalue weighted by Gasteiger charge is 2.14. The minimum atomic E-state index is -0.779. The number of aromatic nitrogens is 1. The summed E-state index contributed by atoms with van der Waals surface area (Å²) in [6.07, 6.45) is 0. The fourth-order valence-corrected chi connectivity index (χ4v) is 1.38. The predicted molar refractivity (Wildman–Crippen MR) is 54.4 cm³/mol. The van der Waals surface area contributed by atoms with Crippen molar-refractivity contribution >= 4 is 5.97 Å². The Morgan fingerprint density at radius 2 is 2.40 bits per heavy atom. The van der Waals surface area contributed by atoms with E-state index in [2.05, 4.69) is 5.16 Å². The van der Waals surface area contributed by atoms with Crippen molar-refractivity contribution < 1.29 is 14.4 Å². The zero-order valence-corrected chi connectivity index (χ0v) is 9.23. The molecule has 0 spiro atoms. The fourth-order valence-electron chi connectivity index (χ4n) is 1.38. The van der Waals surface area contributed by atoms with Crippen LogP contribution in [-0.2, 0) is 11.3 Å². The van der Waals surface area contributed by atoms with E-state index in [1.807, 2.05) is 24.9 Å². The zero-order chi connectivity index (χ0) is 11.4. The van der Waals surface area contributed by atoms with Crippen molar-refractivity contribution in [3.05, 3.63) is 17.5 Å². The molecule has 1 aromatic heterocycles. The molecule has 15 heavy (non-hydrogen) atoms. The van der Waals surface area contributed by atoms with E-state index in [0.29, 0.717) is 13.1 Å². The third-order valence-electron chi connectivity index (χ3n) is 2.12. The molecule has 0 fully saturated rings. The molecule has 0 bridgehead atoms. The summed E-state index contributed by atoms with van der Waals surface area (Å²) >= 11 is 0. The van der Waals surface area contributed by atoms with Gasteiger partial charge < -0.3 is 9.63 Å². The Morgan fingerprint density at radius 3 is 2.87 bits per heavy atom. The molecule has 84 valence electrons. The van der Waals surface area contributed by atoms with E-state index >= 15 is 0 Å². The highest BCUT2D eigenvalue weighted by Crippen LogP contribution is 2.06. The molecule has 1 aromatic rings. The van der Waals surface area contributed by atoms with E-state index < -0.39 is 5.97 Å². The molecule has 1 N–H and O–H groups in total. The fraction of sp³-hybridized carbons (Fsp3) is 0.600. The van der Waals surface area contributed by atoms with Crippen molar-refractivity contribution in [2.45, 2.75) is 20.4 Å².